The van der Waals surface area contributed by atoms with Crippen molar-refractivity contribution in [2.75, 3.05) is 6.54 Å². The van der Waals surface area contributed by atoms with Crippen LogP contribution in [0.5, 0.6) is 0 Å². The van der Waals surface area contributed by atoms with E-state index in [1.807, 2.05) is 5.32 Å². The van der Waals surface area contributed by atoms with E-state index < -0.39 is 66.2 Å². The van der Waals surface area contributed by atoms with Gasteiger partial charge in [-0.2, -0.15) is 0 Å². The Labute approximate surface area is 212 Å². The SMILES string of the molecule is NCCCCC(NC(=O)C(N)Cc1cnc[nH]1)C(=O)NC(CCC(N)=O)C(=O)NC(CC(=O)O)C(=O)O. The molecule has 4 unspecified atom stereocenters. The standard InChI is InChI=1S/C21H34N8O8/c22-6-2-1-3-13(27-18(33)12(23)7-11-9-25-10-26-11)19(34)28-14(4-5-16(24)30)20(35)29-15(21(36)37)8-17(31)32/h9-10,12-15H,1-8,22-23H2,(H2,24,30)(H,25,26)(H,27,33)(H,28,34)(H,29,35)(H,31,32)(H,36,37). The Kier molecular flexibility index (Phi) is 13.3. The molecule has 0 saturated heterocycles. The quantitative estimate of drug-likeness (QED) is 0.0853. The fourth-order valence-corrected chi connectivity index (χ4v) is 3.24. The van der Waals surface area contributed by atoms with Gasteiger partial charge >= 0.3 is 11.9 Å². The number of aromatic nitrogens is 2. The summed E-state index contributed by atoms with van der Waals surface area (Å²) in [5.74, 6) is -6.34. The number of nitrogens with zero attached hydrogens (tertiary/aromatic N) is 1. The van der Waals surface area contributed by atoms with Crippen LogP contribution in [-0.2, 0) is 35.2 Å². The number of carbonyl (C=O) groups excluding carboxylic acids is 4. The van der Waals surface area contributed by atoms with E-state index in [0.29, 0.717) is 25.1 Å². The molecule has 1 rings (SSSR count). The van der Waals surface area contributed by atoms with Gasteiger partial charge in [-0.3, -0.25) is 24.0 Å². The lowest BCUT2D eigenvalue weighted by atomic mass is 10.0. The molecule has 1 aromatic heterocycles. The molecule has 1 aromatic rings. The number of nitrogens with one attached hydrogen (secondary N) is 4. The summed E-state index contributed by atoms with van der Waals surface area (Å²) in [6, 6.07) is -5.38. The first-order valence-corrected chi connectivity index (χ1v) is 11.5. The molecule has 4 amide bonds. The number of carboxylic acid groups (broad SMARTS) is 2. The van der Waals surface area contributed by atoms with Crippen LogP contribution in [0.4, 0.5) is 0 Å². The number of aliphatic carboxylic acids is 2. The average Bonchev–Trinajstić information content (AvgIpc) is 3.32. The summed E-state index contributed by atoms with van der Waals surface area (Å²) >= 11 is 0. The second kappa shape index (κ2) is 15.8. The fourth-order valence-electron chi connectivity index (χ4n) is 3.24. The number of aromatic amines is 1. The van der Waals surface area contributed by atoms with Crippen molar-refractivity contribution in [3.63, 3.8) is 0 Å². The smallest absolute Gasteiger partial charge is 0.326 e. The van der Waals surface area contributed by atoms with Crippen LogP contribution >= 0.6 is 0 Å². The fraction of sp³-hybridized carbons (Fsp3) is 0.571. The Morgan fingerprint density at radius 1 is 0.919 bits per heavy atom. The van der Waals surface area contributed by atoms with E-state index >= 15 is 0 Å². The molecule has 0 bridgehead atoms. The summed E-state index contributed by atoms with van der Waals surface area (Å²) in [6.45, 7) is 0.339. The van der Waals surface area contributed by atoms with E-state index in [1.165, 1.54) is 12.5 Å². The van der Waals surface area contributed by atoms with Gasteiger partial charge in [0.05, 0.1) is 18.8 Å². The highest BCUT2D eigenvalue weighted by molar-refractivity contribution is 5.94. The second-order valence-electron chi connectivity index (χ2n) is 8.30. The van der Waals surface area contributed by atoms with Crippen LogP contribution in [0.1, 0.15) is 44.2 Å². The Morgan fingerprint density at radius 3 is 2.03 bits per heavy atom. The molecule has 0 aliphatic carbocycles. The van der Waals surface area contributed by atoms with Gasteiger partial charge in [-0.05, 0) is 32.2 Å². The highest BCUT2D eigenvalue weighted by atomic mass is 16.4. The molecule has 206 valence electrons. The number of hydrogen-bond acceptors (Lipinski definition) is 9. The summed E-state index contributed by atoms with van der Waals surface area (Å²) in [7, 11) is 0. The van der Waals surface area contributed by atoms with Gasteiger partial charge in [0.25, 0.3) is 0 Å². The number of imidazole rings is 1. The topological polar surface area (TPSA) is 286 Å². The molecule has 0 aliphatic rings. The molecule has 16 heteroatoms. The van der Waals surface area contributed by atoms with Crippen molar-refractivity contribution >= 4 is 35.6 Å². The number of nitrogens with two attached hydrogens (primary N) is 3. The highest BCUT2D eigenvalue weighted by Gasteiger charge is 2.31. The Morgan fingerprint density at radius 2 is 1.51 bits per heavy atom. The lowest BCUT2D eigenvalue weighted by Gasteiger charge is -2.25. The summed E-state index contributed by atoms with van der Waals surface area (Å²) in [4.78, 5) is 78.6. The van der Waals surface area contributed by atoms with E-state index in [0.717, 1.165) is 0 Å². The number of carboxylic acids is 2. The Balaban J connectivity index is 2.99. The van der Waals surface area contributed by atoms with Crippen molar-refractivity contribution in [1.29, 1.82) is 0 Å². The lowest BCUT2D eigenvalue weighted by molar-refractivity contribution is -0.147. The average molecular weight is 527 g/mol. The minimum Gasteiger partial charge on any atom is -0.481 e. The van der Waals surface area contributed by atoms with Gasteiger partial charge in [-0.15, -0.1) is 0 Å². The molecule has 0 fully saturated rings. The number of H-pyrrole nitrogens is 1. The molecule has 1 heterocycles. The molecule has 0 aliphatic heterocycles. The van der Waals surface area contributed by atoms with Crippen molar-refractivity contribution in [2.45, 2.75) is 69.1 Å². The highest BCUT2D eigenvalue weighted by Crippen LogP contribution is 2.06. The summed E-state index contributed by atoms with van der Waals surface area (Å²) in [5.41, 5.74) is 17.2. The van der Waals surface area contributed by atoms with E-state index in [4.69, 9.17) is 22.3 Å². The minimum absolute atomic E-state index is 0.118. The van der Waals surface area contributed by atoms with Gasteiger partial charge in [0.15, 0.2) is 0 Å². The van der Waals surface area contributed by atoms with Crippen molar-refractivity contribution in [3.05, 3.63) is 18.2 Å². The molecule has 4 atom stereocenters. The Hall–Kier alpha value is -4.05. The second-order valence-corrected chi connectivity index (χ2v) is 8.30. The van der Waals surface area contributed by atoms with Crippen molar-refractivity contribution in [3.8, 4) is 0 Å². The number of rotatable bonds is 18. The predicted octanol–water partition coefficient (Wildman–Crippen LogP) is -3.31. The van der Waals surface area contributed by atoms with E-state index in [2.05, 4.69) is 20.6 Å². The van der Waals surface area contributed by atoms with E-state index in [-0.39, 0.29) is 25.7 Å². The van der Waals surface area contributed by atoms with Gasteiger partial charge in [0, 0.05) is 24.7 Å². The van der Waals surface area contributed by atoms with Gasteiger partial charge in [-0.1, -0.05) is 0 Å². The third kappa shape index (κ3) is 12.0. The number of unbranched alkanes of at least 4 members (excludes halogenated alkanes) is 1. The van der Waals surface area contributed by atoms with E-state index in [1.54, 1.807) is 0 Å². The molecule has 0 spiro atoms. The molecular weight excluding hydrogens is 492 g/mol. The number of amides is 4. The number of carbonyl (C=O) groups is 6. The third-order valence-corrected chi connectivity index (χ3v) is 5.22. The largest absolute Gasteiger partial charge is 0.481 e. The monoisotopic (exact) mass is 526 g/mol. The van der Waals surface area contributed by atoms with Gasteiger partial charge < -0.3 is 48.3 Å². The predicted molar refractivity (Wildman–Crippen MR) is 127 cm³/mol. The first-order valence-electron chi connectivity index (χ1n) is 11.5. The lowest BCUT2D eigenvalue weighted by Crippen LogP contribution is -2.57. The van der Waals surface area contributed by atoms with Crippen LogP contribution in [0.2, 0.25) is 0 Å². The Bertz CT molecular complexity index is 939. The number of primary amides is 1. The van der Waals surface area contributed by atoms with Crippen LogP contribution in [0.3, 0.4) is 0 Å². The molecule has 12 N–H and O–H groups in total. The van der Waals surface area contributed by atoms with Crippen LogP contribution in [0.25, 0.3) is 0 Å². The summed E-state index contributed by atoms with van der Waals surface area (Å²) in [6.07, 6.45) is 2.62. The van der Waals surface area contributed by atoms with Gasteiger partial charge in [0.1, 0.15) is 18.1 Å². The number of hydrogen-bond donors (Lipinski definition) is 9. The maximum atomic E-state index is 13.0. The molecule has 16 nitrogen and oxygen atoms in total. The van der Waals surface area contributed by atoms with Crippen molar-refractivity contribution in [2.24, 2.45) is 17.2 Å². The van der Waals surface area contributed by atoms with Crippen LogP contribution in [0, 0.1) is 0 Å². The first-order chi connectivity index (χ1) is 17.4. The molecule has 0 saturated carbocycles. The van der Waals surface area contributed by atoms with Gasteiger partial charge in [-0.25, -0.2) is 9.78 Å². The van der Waals surface area contributed by atoms with Gasteiger partial charge in [0.2, 0.25) is 23.6 Å². The first kappa shape index (κ1) is 31.0. The summed E-state index contributed by atoms with van der Waals surface area (Å²) < 4.78 is 0. The van der Waals surface area contributed by atoms with E-state index in [9.17, 15) is 33.9 Å². The zero-order valence-electron chi connectivity index (χ0n) is 20.1. The molecular formula is C21H34N8O8. The maximum Gasteiger partial charge on any atom is 0.326 e. The van der Waals surface area contributed by atoms with Crippen LogP contribution < -0.4 is 33.2 Å². The van der Waals surface area contributed by atoms with Crippen molar-refractivity contribution in [1.82, 2.24) is 25.9 Å². The molecule has 0 radical (unpaired) electrons. The maximum absolute atomic E-state index is 13.0. The normalized spacial score (nSPS) is 14.0. The molecule has 37 heavy (non-hydrogen) atoms. The third-order valence-electron chi connectivity index (χ3n) is 5.22. The zero-order chi connectivity index (χ0) is 28.0. The summed E-state index contributed by atoms with van der Waals surface area (Å²) in [5, 5.41) is 25.0. The van der Waals surface area contributed by atoms with Crippen LogP contribution in [-0.4, -0.2) is 86.5 Å². The minimum atomic E-state index is -1.78. The van der Waals surface area contributed by atoms with Crippen LogP contribution in [0.15, 0.2) is 12.5 Å². The molecule has 0 aromatic carbocycles. The zero-order valence-corrected chi connectivity index (χ0v) is 20.1. The van der Waals surface area contributed by atoms with Crippen molar-refractivity contribution < 1.29 is 39.0 Å².